The number of carbonyl (C=O) groups is 1. The Balaban J connectivity index is 1.52. The zero-order valence-electron chi connectivity index (χ0n) is 16.4. The minimum Gasteiger partial charge on any atom is -0.350 e. The van der Waals surface area contributed by atoms with Gasteiger partial charge in [0, 0.05) is 11.4 Å². The number of thiophene rings is 1. The Kier molecular flexibility index (Phi) is 5.59. The molecule has 146 valence electrons. The van der Waals surface area contributed by atoms with Crippen molar-refractivity contribution in [3.63, 3.8) is 0 Å². The Morgan fingerprint density at radius 1 is 1.14 bits per heavy atom. The van der Waals surface area contributed by atoms with E-state index in [1.165, 1.54) is 17.7 Å². The van der Waals surface area contributed by atoms with E-state index in [2.05, 4.69) is 32.8 Å². The van der Waals surface area contributed by atoms with Gasteiger partial charge in [-0.1, -0.05) is 24.3 Å². The van der Waals surface area contributed by atoms with E-state index in [-0.39, 0.29) is 11.9 Å². The molecule has 1 saturated heterocycles. The van der Waals surface area contributed by atoms with Gasteiger partial charge in [-0.15, -0.1) is 11.3 Å². The highest BCUT2D eigenvalue weighted by atomic mass is 32.1. The summed E-state index contributed by atoms with van der Waals surface area (Å²) < 4.78 is 1.85. The number of nitrogens with zero attached hydrogens (tertiary/aromatic N) is 3. The van der Waals surface area contributed by atoms with Gasteiger partial charge in [-0.05, 0) is 63.4 Å². The fourth-order valence-electron chi connectivity index (χ4n) is 4.01. The molecule has 1 amide bonds. The number of carbonyl (C=O) groups excluding carboxylic acids is 1. The Morgan fingerprint density at radius 2 is 1.89 bits per heavy atom. The summed E-state index contributed by atoms with van der Waals surface area (Å²) in [5.74, 6) is -0.0436. The second-order valence-corrected chi connectivity index (χ2v) is 8.26. The summed E-state index contributed by atoms with van der Waals surface area (Å²) in [6.45, 7) is 6.68. The molecule has 2 aromatic heterocycles. The number of rotatable bonds is 6. The van der Waals surface area contributed by atoms with Gasteiger partial charge in [-0.2, -0.15) is 5.10 Å². The van der Waals surface area contributed by atoms with Crippen LogP contribution in [0.25, 0.3) is 5.69 Å². The summed E-state index contributed by atoms with van der Waals surface area (Å²) in [6, 6.07) is 14.4. The van der Waals surface area contributed by atoms with Crippen molar-refractivity contribution in [1.82, 2.24) is 20.0 Å². The maximum atomic E-state index is 13.0. The van der Waals surface area contributed by atoms with Crippen LogP contribution >= 0.6 is 11.3 Å². The molecule has 4 rings (SSSR count). The SMILES string of the molecule is Cc1nn(-c2ccccc2)c(C)c1C(=O)NCC(c1cccs1)N1CCCC1. The van der Waals surface area contributed by atoms with Crippen molar-refractivity contribution in [2.24, 2.45) is 0 Å². The molecule has 3 aromatic rings. The van der Waals surface area contributed by atoms with E-state index < -0.39 is 0 Å². The lowest BCUT2D eigenvalue weighted by atomic mass is 10.1. The molecule has 1 fully saturated rings. The Morgan fingerprint density at radius 3 is 2.57 bits per heavy atom. The number of likely N-dealkylation sites (tertiary alicyclic amines) is 1. The van der Waals surface area contributed by atoms with Gasteiger partial charge in [0.25, 0.3) is 5.91 Å². The molecule has 1 atom stereocenters. The molecule has 6 heteroatoms. The van der Waals surface area contributed by atoms with Crippen molar-refractivity contribution in [3.8, 4) is 5.69 Å². The number of aryl methyl sites for hydroxylation is 1. The normalized spacial score (nSPS) is 15.6. The van der Waals surface area contributed by atoms with Crippen molar-refractivity contribution in [1.29, 1.82) is 0 Å². The van der Waals surface area contributed by atoms with Gasteiger partial charge in [-0.25, -0.2) is 4.68 Å². The van der Waals surface area contributed by atoms with Gasteiger partial charge in [0.15, 0.2) is 0 Å². The average molecular weight is 395 g/mol. The van der Waals surface area contributed by atoms with Crippen LogP contribution < -0.4 is 5.32 Å². The molecule has 1 aliphatic rings. The third-order valence-electron chi connectivity index (χ3n) is 5.43. The highest BCUT2D eigenvalue weighted by Crippen LogP contribution is 2.28. The Bertz CT molecular complexity index is 927. The summed E-state index contributed by atoms with van der Waals surface area (Å²) in [7, 11) is 0. The zero-order chi connectivity index (χ0) is 19.5. The summed E-state index contributed by atoms with van der Waals surface area (Å²) in [5.41, 5.74) is 3.27. The Labute approximate surface area is 170 Å². The first-order valence-electron chi connectivity index (χ1n) is 9.82. The Hall–Kier alpha value is -2.44. The monoisotopic (exact) mass is 394 g/mol. The fourth-order valence-corrected chi connectivity index (χ4v) is 4.87. The van der Waals surface area contributed by atoms with Crippen molar-refractivity contribution in [2.75, 3.05) is 19.6 Å². The standard InChI is InChI=1S/C22H26N4OS/c1-16-21(17(2)26(24-16)18-9-4-3-5-10-18)22(27)23-15-19(20-11-8-14-28-20)25-12-6-7-13-25/h3-5,8-11,14,19H,6-7,12-13,15H2,1-2H3,(H,23,27). The van der Waals surface area contributed by atoms with Crippen molar-refractivity contribution < 1.29 is 4.79 Å². The minimum atomic E-state index is -0.0436. The van der Waals surface area contributed by atoms with E-state index in [0.717, 1.165) is 30.2 Å². The van der Waals surface area contributed by atoms with Crippen LogP contribution in [-0.2, 0) is 0 Å². The predicted octanol–water partition coefficient (Wildman–Crippen LogP) is 4.12. The van der Waals surface area contributed by atoms with Crippen LogP contribution in [0.3, 0.4) is 0 Å². The van der Waals surface area contributed by atoms with E-state index in [4.69, 9.17) is 0 Å². The van der Waals surface area contributed by atoms with Crippen LogP contribution in [0.5, 0.6) is 0 Å². The summed E-state index contributed by atoms with van der Waals surface area (Å²) in [6.07, 6.45) is 2.47. The highest BCUT2D eigenvalue weighted by Gasteiger charge is 2.26. The maximum absolute atomic E-state index is 13.0. The smallest absolute Gasteiger partial charge is 0.255 e. The van der Waals surface area contributed by atoms with Gasteiger partial charge in [0.2, 0.25) is 0 Å². The minimum absolute atomic E-state index is 0.0436. The van der Waals surface area contributed by atoms with E-state index in [1.807, 2.05) is 48.9 Å². The number of para-hydroxylation sites is 1. The lowest BCUT2D eigenvalue weighted by molar-refractivity contribution is 0.0937. The first kappa shape index (κ1) is 18.9. The molecule has 1 aromatic carbocycles. The van der Waals surface area contributed by atoms with E-state index in [9.17, 15) is 4.79 Å². The van der Waals surface area contributed by atoms with Gasteiger partial charge < -0.3 is 5.32 Å². The van der Waals surface area contributed by atoms with Crippen LogP contribution in [0.1, 0.15) is 45.5 Å². The first-order chi connectivity index (χ1) is 13.6. The molecular weight excluding hydrogens is 368 g/mol. The molecule has 1 aliphatic heterocycles. The van der Waals surface area contributed by atoms with Crippen LogP contribution in [0.2, 0.25) is 0 Å². The van der Waals surface area contributed by atoms with Crippen molar-refractivity contribution in [3.05, 3.63) is 69.7 Å². The number of benzene rings is 1. The summed E-state index contributed by atoms with van der Waals surface area (Å²) in [5, 5.41) is 9.90. The van der Waals surface area contributed by atoms with Gasteiger partial charge in [0.05, 0.1) is 28.7 Å². The van der Waals surface area contributed by atoms with E-state index in [1.54, 1.807) is 11.3 Å². The van der Waals surface area contributed by atoms with E-state index >= 15 is 0 Å². The molecule has 1 N–H and O–H groups in total. The lowest BCUT2D eigenvalue weighted by Gasteiger charge is -2.27. The zero-order valence-corrected chi connectivity index (χ0v) is 17.2. The third-order valence-corrected chi connectivity index (χ3v) is 6.40. The number of amides is 1. The van der Waals surface area contributed by atoms with Crippen LogP contribution in [0.15, 0.2) is 47.8 Å². The maximum Gasteiger partial charge on any atom is 0.255 e. The molecule has 0 radical (unpaired) electrons. The molecule has 0 saturated carbocycles. The molecular formula is C22H26N4OS. The van der Waals surface area contributed by atoms with Crippen LogP contribution in [0, 0.1) is 13.8 Å². The molecule has 3 heterocycles. The number of nitrogens with one attached hydrogen (secondary N) is 1. The van der Waals surface area contributed by atoms with Gasteiger partial charge in [0.1, 0.15) is 0 Å². The second kappa shape index (κ2) is 8.29. The highest BCUT2D eigenvalue weighted by molar-refractivity contribution is 7.10. The van der Waals surface area contributed by atoms with Crippen molar-refractivity contribution >= 4 is 17.2 Å². The van der Waals surface area contributed by atoms with Crippen LogP contribution in [-0.4, -0.2) is 40.2 Å². The van der Waals surface area contributed by atoms with Crippen LogP contribution in [0.4, 0.5) is 0 Å². The molecule has 0 bridgehead atoms. The number of aromatic nitrogens is 2. The molecule has 0 spiro atoms. The molecule has 1 unspecified atom stereocenters. The molecule has 5 nitrogen and oxygen atoms in total. The number of hydrogen-bond acceptors (Lipinski definition) is 4. The van der Waals surface area contributed by atoms with Gasteiger partial charge >= 0.3 is 0 Å². The van der Waals surface area contributed by atoms with Gasteiger partial charge in [-0.3, -0.25) is 9.69 Å². The van der Waals surface area contributed by atoms with E-state index in [0.29, 0.717) is 12.1 Å². The predicted molar refractivity (Wildman–Crippen MR) is 113 cm³/mol. The molecule has 28 heavy (non-hydrogen) atoms. The average Bonchev–Trinajstić information content (AvgIpc) is 3.45. The van der Waals surface area contributed by atoms with Crippen molar-refractivity contribution in [2.45, 2.75) is 32.7 Å². The molecule has 0 aliphatic carbocycles. The summed E-state index contributed by atoms with van der Waals surface area (Å²) in [4.78, 5) is 16.8. The first-order valence-corrected chi connectivity index (χ1v) is 10.7. The summed E-state index contributed by atoms with van der Waals surface area (Å²) >= 11 is 1.76. The topological polar surface area (TPSA) is 50.2 Å². The third kappa shape index (κ3) is 3.75. The quantitative estimate of drug-likeness (QED) is 0.684. The second-order valence-electron chi connectivity index (χ2n) is 7.28. The fraction of sp³-hybridized carbons (Fsp3) is 0.364. The number of hydrogen-bond donors (Lipinski definition) is 1. The lowest BCUT2D eigenvalue weighted by Crippen LogP contribution is -2.36. The largest absolute Gasteiger partial charge is 0.350 e.